The van der Waals surface area contributed by atoms with Crippen molar-refractivity contribution in [1.29, 1.82) is 0 Å². The number of anilines is 1. The van der Waals surface area contributed by atoms with E-state index in [4.69, 9.17) is 4.84 Å². The lowest BCUT2D eigenvalue weighted by molar-refractivity contribution is 0.00722. The molecule has 0 fully saturated rings. The molecule has 0 bridgehead atoms. The van der Waals surface area contributed by atoms with E-state index in [1.807, 2.05) is 30.3 Å². The fourth-order valence-electron chi connectivity index (χ4n) is 3.13. The molecular weight excluding hydrogens is 322 g/mol. The van der Waals surface area contributed by atoms with Gasteiger partial charge in [0.1, 0.15) is 0 Å². The van der Waals surface area contributed by atoms with Crippen molar-refractivity contribution in [3.05, 3.63) is 37.3 Å². The van der Waals surface area contributed by atoms with E-state index in [9.17, 15) is 5.11 Å². The average Bonchev–Trinajstić information content (AvgIpc) is 2.68. The number of para-hydroxylation sites is 1. The number of rotatable bonds is 17. The molecule has 1 aromatic rings. The third-order valence-electron chi connectivity index (χ3n) is 4.77. The summed E-state index contributed by atoms with van der Waals surface area (Å²) in [7, 11) is 0. The van der Waals surface area contributed by atoms with Crippen LogP contribution in [0.2, 0.25) is 0 Å². The van der Waals surface area contributed by atoms with E-state index in [-0.39, 0.29) is 0 Å². The molecular formula is C23H40NO2. The Hall–Kier alpha value is -1.06. The zero-order chi connectivity index (χ0) is 18.9. The molecule has 1 N–H and O–H groups in total. The molecule has 0 amide bonds. The van der Waals surface area contributed by atoms with Gasteiger partial charge < -0.3 is 5.11 Å². The molecule has 0 aliphatic carbocycles. The number of hydrogen-bond donors (Lipinski definition) is 1. The summed E-state index contributed by atoms with van der Waals surface area (Å²) in [5.74, 6) is 0. The number of benzene rings is 1. The third kappa shape index (κ3) is 10.8. The Bertz CT molecular complexity index is 410. The lowest BCUT2D eigenvalue weighted by Gasteiger charge is -2.28. The van der Waals surface area contributed by atoms with Crippen molar-refractivity contribution in [2.75, 3.05) is 11.7 Å². The molecule has 0 aromatic heterocycles. The van der Waals surface area contributed by atoms with Crippen LogP contribution in [0.25, 0.3) is 0 Å². The molecule has 1 radical (unpaired) electrons. The van der Waals surface area contributed by atoms with Crippen molar-refractivity contribution in [2.24, 2.45) is 0 Å². The van der Waals surface area contributed by atoms with E-state index in [2.05, 4.69) is 13.8 Å². The third-order valence-corrected chi connectivity index (χ3v) is 4.77. The summed E-state index contributed by atoms with van der Waals surface area (Å²) < 4.78 is 0. The number of hydrogen-bond acceptors (Lipinski definition) is 3. The van der Waals surface area contributed by atoms with Crippen LogP contribution in [0.4, 0.5) is 5.69 Å². The van der Waals surface area contributed by atoms with Crippen molar-refractivity contribution in [2.45, 2.75) is 96.6 Å². The highest BCUT2D eigenvalue weighted by Crippen LogP contribution is 2.18. The topological polar surface area (TPSA) is 32.7 Å². The number of unbranched alkanes of at least 4 members (excludes halogenated alkanes) is 11. The van der Waals surface area contributed by atoms with Crippen molar-refractivity contribution >= 4 is 5.69 Å². The van der Waals surface area contributed by atoms with Crippen molar-refractivity contribution in [1.82, 2.24) is 0 Å². The lowest BCUT2D eigenvalue weighted by atomic mass is 10.1. The van der Waals surface area contributed by atoms with Gasteiger partial charge >= 0.3 is 0 Å². The summed E-state index contributed by atoms with van der Waals surface area (Å²) in [6.45, 7) is 6.69. The second kappa shape index (κ2) is 16.1. The van der Waals surface area contributed by atoms with Crippen LogP contribution in [0.15, 0.2) is 30.3 Å². The first-order chi connectivity index (χ1) is 12.8. The fourth-order valence-corrected chi connectivity index (χ4v) is 3.13. The maximum absolute atomic E-state index is 10.1. The Balaban J connectivity index is 2.01. The molecule has 0 saturated carbocycles. The molecule has 0 heterocycles. The average molecular weight is 363 g/mol. The predicted molar refractivity (Wildman–Crippen MR) is 112 cm³/mol. The standard InChI is InChI=1S/C23H40NO2/c1-3-5-6-7-8-9-10-11-12-13-14-18-21-26-24(23(25)4-2)22-19-16-15-17-20-22/h15-17,19-20,23,25H,2-14,18,21H2,1H3. The van der Waals surface area contributed by atoms with E-state index in [0.29, 0.717) is 13.0 Å². The first-order valence-electron chi connectivity index (χ1n) is 10.7. The maximum Gasteiger partial charge on any atom is 0.151 e. The number of nitrogens with zero attached hydrogens (tertiary/aromatic N) is 1. The minimum atomic E-state index is -0.699. The van der Waals surface area contributed by atoms with Gasteiger partial charge in [-0.05, 0) is 31.9 Å². The Labute approximate surface area is 161 Å². The Morgan fingerprint density at radius 2 is 1.35 bits per heavy atom. The van der Waals surface area contributed by atoms with E-state index < -0.39 is 6.23 Å². The summed E-state index contributed by atoms with van der Waals surface area (Å²) in [5, 5.41) is 11.7. The van der Waals surface area contributed by atoms with Crippen LogP contribution in [-0.4, -0.2) is 17.9 Å². The molecule has 26 heavy (non-hydrogen) atoms. The molecule has 3 nitrogen and oxygen atoms in total. The molecule has 3 heteroatoms. The first kappa shape index (κ1) is 23.0. The molecule has 0 aliphatic rings. The molecule has 1 aromatic carbocycles. The van der Waals surface area contributed by atoms with Gasteiger partial charge in [-0.1, -0.05) is 95.8 Å². The summed E-state index contributed by atoms with van der Waals surface area (Å²) in [6.07, 6.45) is 15.7. The molecule has 149 valence electrons. The Morgan fingerprint density at radius 1 is 0.846 bits per heavy atom. The van der Waals surface area contributed by atoms with E-state index in [1.54, 1.807) is 5.06 Å². The summed E-state index contributed by atoms with van der Waals surface area (Å²) in [6, 6.07) is 9.75. The van der Waals surface area contributed by atoms with Gasteiger partial charge in [0.05, 0.1) is 12.3 Å². The highest BCUT2D eigenvalue weighted by molar-refractivity contribution is 5.43. The monoisotopic (exact) mass is 362 g/mol. The summed E-state index contributed by atoms with van der Waals surface area (Å²) in [5.41, 5.74) is 0.877. The number of hydroxylamine groups is 1. The zero-order valence-electron chi connectivity index (χ0n) is 16.9. The Kier molecular flexibility index (Phi) is 14.3. The number of aliphatic hydroxyl groups is 1. The molecule has 1 unspecified atom stereocenters. The zero-order valence-corrected chi connectivity index (χ0v) is 16.9. The van der Waals surface area contributed by atoms with E-state index in [0.717, 1.165) is 12.1 Å². The van der Waals surface area contributed by atoms with Gasteiger partial charge in [0.2, 0.25) is 0 Å². The van der Waals surface area contributed by atoms with Crippen LogP contribution < -0.4 is 5.06 Å². The predicted octanol–water partition coefficient (Wildman–Crippen LogP) is 6.67. The second-order valence-corrected chi connectivity index (χ2v) is 7.15. The van der Waals surface area contributed by atoms with Gasteiger partial charge in [0.15, 0.2) is 6.23 Å². The second-order valence-electron chi connectivity index (χ2n) is 7.15. The molecule has 0 aliphatic heterocycles. The van der Waals surface area contributed by atoms with Crippen LogP contribution in [0, 0.1) is 6.92 Å². The van der Waals surface area contributed by atoms with Crippen molar-refractivity contribution in [3.8, 4) is 0 Å². The van der Waals surface area contributed by atoms with E-state index >= 15 is 0 Å². The van der Waals surface area contributed by atoms with Crippen LogP contribution in [0.5, 0.6) is 0 Å². The van der Waals surface area contributed by atoms with Crippen LogP contribution in [0.1, 0.15) is 90.4 Å². The van der Waals surface area contributed by atoms with E-state index in [1.165, 1.54) is 70.6 Å². The van der Waals surface area contributed by atoms with Gasteiger partial charge in [0, 0.05) is 0 Å². The normalized spacial score (nSPS) is 12.3. The SMILES string of the molecule is [CH2]CC(O)N(OCCCCCCCCCCCCCC)c1ccccc1. The minimum Gasteiger partial charge on any atom is -0.371 e. The largest absolute Gasteiger partial charge is 0.371 e. The molecule has 1 atom stereocenters. The highest BCUT2D eigenvalue weighted by Gasteiger charge is 2.15. The van der Waals surface area contributed by atoms with Crippen LogP contribution in [0.3, 0.4) is 0 Å². The first-order valence-corrected chi connectivity index (χ1v) is 10.7. The van der Waals surface area contributed by atoms with Crippen LogP contribution >= 0.6 is 0 Å². The minimum absolute atomic E-state index is 0.396. The maximum atomic E-state index is 10.1. The van der Waals surface area contributed by atoms with Crippen LogP contribution in [-0.2, 0) is 4.84 Å². The molecule has 0 spiro atoms. The van der Waals surface area contributed by atoms with Gasteiger partial charge in [-0.25, -0.2) is 5.06 Å². The smallest absolute Gasteiger partial charge is 0.151 e. The van der Waals surface area contributed by atoms with Gasteiger partial charge in [-0.2, -0.15) is 0 Å². The summed E-state index contributed by atoms with van der Waals surface area (Å²) in [4.78, 5) is 5.82. The quantitative estimate of drug-likeness (QED) is 0.191. The molecule has 0 saturated heterocycles. The van der Waals surface area contributed by atoms with Gasteiger partial charge in [-0.3, -0.25) is 4.84 Å². The van der Waals surface area contributed by atoms with Gasteiger partial charge in [0.25, 0.3) is 0 Å². The Morgan fingerprint density at radius 3 is 1.85 bits per heavy atom. The number of aliphatic hydroxyl groups excluding tert-OH is 1. The van der Waals surface area contributed by atoms with Crippen molar-refractivity contribution in [3.63, 3.8) is 0 Å². The van der Waals surface area contributed by atoms with Crippen molar-refractivity contribution < 1.29 is 9.94 Å². The lowest BCUT2D eigenvalue weighted by Crippen LogP contribution is -2.35. The molecule has 1 rings (SSSR count). The fraction of sp³-hybridized carbons (Fsp3) is 0.696. The van der Waals surface area contributed by atoms with Gasteiger partial charge in [-0.15, -0.1) is 0 Å². The highest BCUT2D eigenvalue weighted by atomic mass is 16.7. The summed E-state index contributed by atoms with van der Waals surface area (Å²) >= 11 is 0.